The van der Waals surface area contributed by atoms with E-state index in [0.29, 0.717) is 17.3 Å². The number of carboxylic acids is 1. The van der Waals surface area contributed by atoms with Crippen LogP contribution < -0.4 is 5.73 Å². The highest BCUT2D eigenvalue weighted by Gasteiger charge is 2.60. The molecule has 3 heterocycles. The Morgan fingerprint density at radius 3 is 2.44 bits per heavy atom. The second kappa shape index (κ2) is 7.06. The predicted molar refractivity (Wildman–Crippen MR) is 103 cm³/mol. The van der Waals surface area contributed by atoms with Crippen molar-refractivity contribution in [2.24, 2.45) is 17.6 Å². The summed E-state index contributed by atoms with van der Waals surface area (Å²) in [6, 6.07) is 0.734. The van der Waals surface area contributed by atoms with Gasteiger partial charge >= 0.3 is 5.97 Å². The SMILES string of the molecule is C[C@@H](O)[C@H]1C(=O)N2C(C(=O)O)=C(SC3CN(C4CCC(N)CC4)C3)[C@H](C)[C@H]12. The third-order valence-electron chi connectivity index (χ3n) is 6.74. The Hall–Kier alpha value is -1.09. The summed E-state index contributed by atoms with van der Waals surface area (Å²) in [5.74, 6) is -1.83. The summed E-state index contributed by atoms with van der Waals surface area (Å²) < 4.78 is 0. The molecule has 3 fully saturated rings. The molecule has 0 spiro atoms. The number of nitrogens with zero attached hydrogens (tertiary/aromatic N) is 2. The first-order valence-electron chi connectivity index (χ1n) is 9.94. The van der Waals surface area contributed by atoms with Crippen LogP contribution >= 0.6 is 11.8 Å². The molecule has 150 valence electrons. The van der Waals surface area contributed by atoms with Crippen molar-refractivity contribution in [3.8, 4) is 0 Å². The van der Waals surface area contributed by atoms with E-state index in [1.54, 1.807) is 18.7 Å². The van der Waals surface area contributed by atoms with Gasteiger partial charge in [0, 0.05) is 41.2 Å². The minimum absolute atomic E-state index is 0.0415. The number of hydrogen-bond acceptors (Lipinski definition) is 6. The molecule has 0 aromatic rings. The van der Waals surface area contributed by atoms with Gasteiger partial charge in [-0.2, -0.15) is 0 Å². The molecule has 1 aliphatic carbocycles. The van der Waals surface area contributed by atoms with Crippen molar-refractivity contribution < 1.29 is 19.8 Å². The molecule has 27 heavy (non-hydrogen) atoms. The molecule has 7 nitrogen and oxygen atoms in total. The lowest BCUT2D eigenvalue weighted by atomic mass is 9.79. The Morgan fingerprint density at radius 1 is 1.26 bits per heavy atom. The number of amides is 1. The average Bonchev–Trinajstić information content (AvgIpc) is 2.80. The summed E-state index contributed by atoms with van der Waals surface area (Å²) >= 11 is 1.63. The minimum atomic E-state index is -1.04. The third kappa shape index (κ3) is 3.10. The van der Waals surface area contributed by atoms with Gasteiger partial charge in [0.15, 0.2) is 0 Å². The van der Waals surface area contributed by atoms with Gasteiger partial charge in [-0.3, -0.25) is 9.69 Å². The van der Waals surface area contributed by atoms with Gasteiger partial charge in [-0.1, -0.05) is 6.92 Å². The lowest BCUT2D eigenvalue weighted by Gasteiger charge is -2.47. The largest absolute Gasteiger partial charge is 0.477 e. The first kappa shape index (κ1) is 19.2. The molecule has 8 heteroatoms. The number of rotatable bonds is 5. The van der Waals surface area contributed by atoms with Crippen LogP contribution in [-0.4, -0.2) is 74.5 Å². The van der Waals surface area contributed by atoms with E-state index in [-0.39, 0.29) is 23.6 Å². The first-order chi connectivity index (χ1) is 12.8. The quantitative estimate of drug-likeness (QED) is 0.592. The van der Waals surface area contributed by atoms with Gasteiger partial charge in [0.2, 0.25) is 5.91 Å². The van der Waals surface area contributed by atoms with Crippen LogP contribution in [0, 0.1) is 11.8 Å². The van der Waals surface area contributed by atoms with Gasteiger partial charge in [0.05, 0.1) is 18.1 Å². The van der Waals surface area contributed by atoms with E-state index >= 15 is 0 Å². The summed E-state index contributed by atoms with van der Waals surface area (Å²) in [5.41, 5.74) is 6.13. The summed E-state index contributed by atoms with van der Waals surface area (Å²) in [4.78, 5) is 28.9. The highest BCUT2D eigenvalue weighted by atomic mass is 32.2. The molecular weight excluding hydrogens is 366 g/mol. The molecule has 0 aromatic carbocycles. The molecule has 4 rings (SSSR count). The Balaban J connectivity index is 1.42. The zero-order valence-corrected chi connectivity index (χ0v) is 16.7. The van der Waals surface area contributed by atoms with E-state index in [0.717, 1.165) is 43.7 Å². The smallest absolute Gasteiger partial charge is 0.353 e. The first-order valence-corrected chi connectivity index (χ1v) is 10.8. The number of thioether (sulfide) groups is 1. The normalized spacial score (nSPS) is 38.4. The minimum Gasteiger partial charge on any atom is -0.477 e. The molecule has 0 bridgehead atoms. The summed E-state index contributed by atoms with van der Waals surface area (Å²) in [5, 5.41) is 20.0. The topological polar surface area (TPSA) is 107 Å². The van der Waals surface area contributed by atoms with Crippen molar-refractivity contribution >= 4 is 23.6 Å². The van der Waals surface area contributed by atoms with Crippen LogP contribution in [0.25, 0.3) is 0 Å². The van der Waals surface area contributed by atoms with Crippen LogP contribution in [-0.2, 0) is 9.59 Å². The van der Waals surface area contributed by atoms with Gasteiger partial charge in [0.1, 0.15) is 5.70 Å². The maximum Gasteiger partial charge on any atom is 0.353 e. The van der Waals surface area contributed by atoms with Crippen LogP contribution in [0.3, 0.4) is 0 Å². The van der Waals surface area contributed by atoms with E-state index in [1.807, 2.05) is 6.92 Å². The van der Waals surface area contributed by atoms with Crippen molar-refractivity contribution in [3.63, 3.8) is 0 Å². The number of likely N-dealkylation sites (tertiary alicyclic amines) is 1. The zero-order valence-electron chi connectivity index (χ0n) is 15.9. The van der Waals surface area contributed by atoms with Gasteiger partial charge < -0.3 is 20.8 Å². The molecule has 0 aromatic heterocycles. The van der Waals surface area contributed by atoms with Gasteiger partial charge in [-0.25, -0.2) is 4.79 Å². The van der Waals surface area contributed by atoms with E-state index in [1.165, 1.54) is 4.90 Å². The molecule has 4 aliphatic rings. The fourth-order valence-electron chi connectivity index (χ4n) is 5.17. The van der Waals surface area contributed by atoms with Crippen molar-refractivity contribution in [1.82, 2.24) is 9.80 Å². The number of fused-ring (bicyclic) bond motifs is 1. The Morgan fingerprint density at radius 2 is 1.89 bits per heavy atom. The van der Waals surface area contributed by atoms with Crippen LogP contribution in [0.4, 0.5) is 0 Å². The van der Waals surface area contributed by atoms with Gasteiger partial charge in [-0.15, -0.1) is 11.8 Å². The van der Waals surface area contributed by atoms with Gasteiger partial charge in [0.25, 0.3) is 0 Å². The highest BCUT2D eigenvalue weighted by Crippen LogP contribution is 2.52. The number of carbonyl (C=O) groups excluding carboxylic acids is 1. The highest BCUT2D eigenvalue weighted by molar-refractivity contribution is 8.03. The third-order valence-corrected chi connectivity index (χ3v) is 8.19. The van der Waals surface area contributed by atoms with Crippen molar-refractivity contribution in [2.45, 2.75) is 69.0 Å². The maximum absolute atomic E-state index is 12.4. The molecule has 3 aliphatic heterocycles. The fourth-order valence-corrected chi connectivity index (χ4v) is 6.71. The standard InChI is InChI=1S/C19H29N3O4S/c1-9-15-14(10(2)23)18(24)22(15)16(19(25)26)17(9)27-13-7-21(8-13)12-5-3-11(20)4-6-12/h9-15,23H,3-8,20H2,1-2H3,(H,25,26)/t9-,10-,11?,12?,14-,15-/m1/s1. The number of aliphatic carboxylic acids is 1. The number of aliphatic hydroxyl groups is 1. The number of β-lactam (4-membered cyclic amide) rings is 1. The molecule has 4 N–H and O–H groups in total. The number of hydrogen-bond donors (Lipinski definition) is 3. The number of nitrogens with two attached hydrogens (primary N) is 1. The van der Waals surface area contributed by atoms with Gasteiger partial charge in [-0.05, 0) is 32.6 Å². The van der Waals surface area contributed by atoms with E-state index < -0.39 is 18.0 Å². The Bertz CT molecular complexity index is 668. The van der Waals surface area contributed by atoms with Crippen molar-refractivity contribution in [3.05, 3.63) is 10.6 Å². The summed E-state index contributed by atoms with van der Waals surface area (Å²) in [7, 11) is 0. The van der Waals surface area contributed by atoms with Crippen LogP contribution in [0.15, 0.2) is 10.6 Å². The van der Waals surface area contributed by atoms with Crippen LogP contribution in [0.1, 0.15) is 39.5 Å². The molecule has 0 unspecified atom stereocenters. The average molecular weight is 396 g/mol. The van der Waals surface area contributed by atoms with Crippen LogP contribution in [0.5, 0.6) is 0 Å². The second-order valence-electron chi connectivity index (χ2n) is 8.53. The van der Waals surface area contributed by atoms with Crippen molar-refractivity contribution in [2.75, 3.05) is 13.1 Å². The van der Waals surface area contributed by atoms with E-state index in [4.69, 9.17) is 5.73 Å². The zero-order chi connectivity index (χ0) is 19.5. The lowest BCUT2D eigenvalue weighted by Crippen LogP contribution is -2.63. The van der Waals surface area contributed by atoms with E-state index in [2.05, 4.69) is 4.90 Å². The monoisotopic (exact) mass is 395 g/mol. The molecule has 2 saturated heterocycles. The lowest BCUT2D eigenvalue weighted by molar-refractivity contribution is -0.163. The Labute approximate surface area is 163 Å². The predicted octanol–water partition coefficient (Wildman–Crippen LogP) is 0.827. The Kier molecular flexibility index (Phi) is 5.03. The summed E-state index contributed by atoms with van der Waals surface area (Å²) in [6.07, 6.45) is 3.72. The molecule has 4 atom stereocenters. The molecule has 1 saturated carbocycles. The van der Waals surface area contributed by atoms with E-state index in [9.17, 15) is 19.8 Å². The number of carbonyl (C=O) groups is 2. The molecule has 1 amide bonds. The fraction of sp³-hybridized carbons (Fsp3) is 0.789. The maximum atomic E-state index is 12.4. The van der Waals surface area contributed by atoms with Crippen molar-refractivity contribution in [1.29, 1.82) is 0 Å². The number of aliphatic hydroxyl groups excluding tert-OH is 1. The second-order valence-corrected chi connectivity index (χ2v) is 9.88. The summed E-state index contributed by atoms with van der Waals surface area (Å²) in [6.45, 7) is 5.52. The number of carboxylic acid groups (broad SMARTS) is 1. The molecular formula is C19H29N3O4S. The van der Waals surface area contributed by atoms with Crippen LogP contribution in [0.2, 0.25) is 0 Å². The molecule has 0 radical (unpaired) electrons.